The van der Waals surface area contributed by atoms with E-state index in [0.29, 0.717) is 6.17 Å². The molecule has 0 aromatic heterocycles. The highest BCUT2D eigenvalue weighted by molar-refractivity contribution is 5.58. The molecule has 0 amide bonds. The Hall–Kier alpha value is -0.610. The lowest BCUT2D eigenvalue weighted by atomic mass is 10.2. The zero-order valence-electron chi connectivity index (χ0n) is 8.58. The van der Waals surface area contributed by atoms with Crippen LogP contribution >= 0.6 is 0 Å². The Labute approximate surface area is 80.3 Å². The second-order valence-electron chi connectivity index (χ2n) is 3.36. The molecule has 1 heterocycles. The number of hydrazone groups is 1. The van der Waals surface area contributed by atoms with Crippen molar-refractivity contribution in [2.75, 3.05) is 13.1 Å². The number of hydrogen-bond donors (Lipinski definition) is 2. The average Bonchev–Trinajstić information content (AvgIpc) is 2.19. The molecule has 2 N–H and O–H groups in total. The predicted molar refractivity (Wildman–Crippen MR) is 55.3 cm³/mol. The molecule has 0 aromatic carbocycles. The Bertz CT molecular complexity index is 152. The maximum absolute atomic E-state index is 3.92. The molecular weight excluding hydrogens is 164 g/mol. The summed E-state index contributed by atoms with van der Waals surface area (Å²) < 4.78 is 0. The van der Waals surface area contributed by atoms with Crippen molar-refractivity contribution in [3.63, 3.8) is 0 Å². The third-order valence-electron chi connectivity index (χ3n) is 2.18. The van der Waals surface area contributed by atoms with Gasteiger partial charge in [0.25, 0.3) is 0 Å². The van der Waals surface area contributed by atoms with Gasteiger partial charge >= 0.3 is 0 Å². The average molecular weight is 184 g/mol. The van der Waals surface area contributed by atoms with Gasteiger partial charge in [0, 0.05) is 12.6 Å². The molecule has 0 saturated carbocycles. The third-order valence-corrected chi connectivity index (χ3v) is 2.18. The molecule has 13 heavy (non-hydrogen) atoms. The Morgan fingerprint density at radius 2 is 2.08 bits per heavy atom. The van der Waals surface area contributed by atoms with E-state index in [1.807, 2.05) is 6.21 Å². The minimum atomic E-state index is 0.414. The minimum absolute atomic E-state index is 0.414. The summed E-state index contributed by atoms with van der Waals surface area (Å²) in [5, 5.41) is 3.92. The molecule has 1 unspecified atom stereocenters. The van der Waals surface area contributed by atoms with Crippen LogP contribution < -0.4 is 11.0 Å². The fourth-order valence-corrected chi connectivity index (χ4v) is 1.61. The van der Waals surface area contributed by atoms with Gasteiger partial charge in [-0.1, -0.05) is 13.8 Å². The maximum atomic E-state index is 3.92. The summed E-state index contributed by atoms with van der Waals surface area (Å²) in [6.07, 6.45) is 5.74. The van der Waals surface area contributed by atoms with Crippen LogP contribution in [0.2, 0.25) is 0 Å². The van der Waals surface area contributed by atoms with Crippen LogP contribution in [0.25, 0.3) is 0 Å². The quantitative estimate of drug-likeness (QED) is 0.667. The van der Waals surface area contributed by atoms with Gasteiger partial charge in [-0.3, -0.25) is 4.90 Å². The van der Waals surface area contributed by atoms with Crippen LogP contribution in [0, 0.1) is 0 Å². The van der Waals surface area contributed by atoms with Gasteiger partial charge in [0.05, 0.1) is 6.17 Å². The van der Waals surface area contributed by atoms with E-state index < -0.39 is 0 Å². The Morgan fingerprint density at radius 3 is 2.54 bits per heavy atom. The highest BCUT2D eigenvalue weighted by atomic mass is 15.6. The van der Waals surface area contributed by atoms with Crippen molar-refractivity contribution >= 4 is 6.21 Å². The Morgan fingerprint density at radius 1 is 1.38 bits per heavy atom. The van der Waals surface area contributed by atoms with E-state index in [1.54, 1.807) is 0 Å². The maximum Gasteiger partial charge on any atom is 0.0841 e. The molecule has 1 aliphatic rings. The van der Waals surface area contributed by atoms with Crippen molar-refractivity contribution in [2.45, 2.75) is 39.3 Å². The van der Waals surface area contributed by atoms with Crippen LogP contribution in [0.15, 0.2) is 5.10 Å². The fourth-order valence-electron chi connectivity index (χ4n) is 1.61. The van der Waals surface area contributed by atoms with E-state index in [0.717, 1.165) is 19.5 Å². The van der Waals surface area contributed by atoms with Gasteiger partial charge in [0.2, 0.25) is 0 Å². The molecule has 0 spiro atoms. The minimum Gasteiger partial charge on any atom is -0.286 e. The molecule has 4 heteroatoms. The van der Waals surface area contributed by atoms with Gasteiger partial charge in [-0.15, -0.1) is 0 Å². The zero-order valence-corrected chi connectivity index (χ0v) is 8.58. The molecule has 0 fully saturated rings. The van der Waals surface area contributed by atoms with Gasteiger partial charge in [-0.25, -0.2) is 11.0 Å². The van der Waals surface area contributed by atoms with Gasteiger partial charge in [0.15, 0.2) is 0 Å². The molecule has 1 aliphatic heterocycles. The van der Waals surface area contributed by atoms with E-state index >= 15 is 0 Å². The largest absolute Gasteiger partial charge is 0.286 e. The molecule has 1 rings (SSSR count). The van der Waals surface area contributed by atoms with E-state index in [2.05, 4.69) is 34.8 Å². The fraction of sp³-hybridized carbons (Fsp3) is 0.889. The van der Waals surface area contributed by atoms with Crippen molar-refractivity contribution in [1.82, 2.24) is 15.9 Å². The van der Waals surface area contributed by atoms with Crippen molar-refractivity contribution < 1.29 is 0 Å². The molecule has 0 aromatic rings. The lowest BCUT2D eigenvalue weighted by molar-refractivity contribution is 0.149. The Kier molecular flexibility index (Phi) is 4.78. The molecule has 0 bridgehead atoms. The molecule has 0 radical (unpaired) electrons. The summed E-state index contributed by atoms with van der Waals surface area (Å²) in [6.45, 7) is 6.74. The summed E-state index contributed by atoms with van der Waals surface area (Å²) in [5.41, 5.74) is 5.98. The van der Waals surface area contributed by atoms with E-state index in [1.165, 1.54) is 12.8 Å². The number of rotatable bonds is 5. The standard InChI is InChI=1S/C9H20N4/c1-3-7-13(8-4-2)9-5-6-10-12-11-9/h6,9,11-12H,3-5,7-8H2,1-2H3. The highest BCUT2D eigenvalue weighted by Crippen LogP contribution is 2.03. The van der Waals surface area contributed by atoms with Crippen LogP contribution in [0.5, 0.6) is 0 Å². The first-order chi connectivity index (χ1) is 6.38. The second kappa shape index (κ2) is 5.94. The molecule has 76 valence electrons. The van der Waals surface area contributed by atoms with Gasteiger partial charge < -0.3 is 0 Å². The van der Waals surface area contributed by atoms with Crippen LogP contribution in [-0.2, 0) is 0 Å². The monoisotopic (exact) mass is 184 g/mol. The SMILES string of the molecule is CCCN(CCC)C1CC=NNN1. The first-order valence-corrected chi connectivity index (χ1v) is 5.14. The molecule has 1 atom stereocenters. The first-order valence-electron chi connectivity index (χ1n) is 5.14. The first kappa shape index (κ1) is 10.5. The summed E-state index contributed by atoms with van der Waals surface area (Å²) in [7, 11) is 0. The summed E-state index contributed by atoms with van der Waals surface area (Å²) >= 11 is 0. The molecule has 0 aliphatic carbocycles. The van der Waals surface area contributed by atoms with Gasteiger partial charge in [-0.2, -0.15) is 5.10 Å². The number of nitrogens with one attached hydrogen (secondary N) is 2. The Balaban J connectivity index is 2.37. The smallest absolute Gasteiger partial charge is 0.0841 e. The molecular formula is C9H20N4. The molecule has 4 nitrogen and oxygen atoms in total. The van der Waals surface area contributed by atoms with E-state index in [4.69, 9.17) is 0 Å². The van der Waals surface area contributed by atoms with Crippen molar-refractivity contribution in [3.05, 3.63) is 0 Å². The van der Waals surface area contributed by atoms with Crippen molar-refractivity contribution in [1.29, 1.82) is 0 Å². The van der Waals surface area contributed by atoms with E-state index in [-0.39, 0.29) is 0 Å². The lowest BCUT2D eigenvalue weighted by Crippen LogP contribution is -2.52. The lowest BCUT2D eigenvalue weighted by Gasteiger charge is -2.32. The van der Waals surface area contributed by atoms with Gasteiger partial charge in [-0.05, 0) is 25.9 Å². The number of nitrogens with zero attached hydrogens (tertiary/aromatic N) is 2. The predicted octanol–water partition coefficient (Wildman–Crippen LogP) is 0.918. The van der Waals surface area contributed by atoms with Crippen molar-refractivity contribution in [3.8, 4) is 0 Å². The van der Waals surface area contributed by atoms with E-state index in [9.17, 15) is 0 Å². The van der Waals surface area contributed by atoms with Crippen LogP contribution in [0.4, 0.5) is 0 Å². The second-order valence-corrected chi connectivity index (χ2v) is 3.36. The summed E-state index contributed by atoms with van der Waals surface area (Å²) in [4.78, 5) is 2.46. The summed E-state index contributed by atoms with van der Waals surface area (Å²) in [5.74, 6) is 0. The van der Waals surface area contributed by atoms with Crippen molar-refractivity contribution in [2.24, 2.45) is 5.10 Å². The molecule has 0 saturated heterocycles. The number of hydrogen-bond acceptors (Lipinski definition) is 4. The van der Waals surface area contributed by atoms with Crippen LogP contribution in [-0.4, -0.2) is 30.4 Å². The number of hydrazine groups is 1. The highest BCUT2D eigenvalue weighted by Gasteiger charge is 2.16. The van der Waals surface area contributed by atoms with Crippen LogP contribution in [0.3, 0.4) is 0 Å². The zero-order chi connectivity index (χ0) is 9.52. The topological polar surface area (TPSA) is 39.7 Å². The summed E-state index contributed by atoms with van der Waals surface area (Å²) in [6, 6.07) is 0. The normalized spacial score (nSPS) is 21.9. The van der Waals surface area contributed by atoms with Gasteiger partial charge in [0.1, 0.15) is 0 Å². The van der Waals surface area contributed by atoms with Crippen LogP contribution in [0.1, 0.15) is 33.1 Å². The third kappa shape index (κ3) is 3.32.